The van der Waals surface area contributed by atoms with Crippen LogP contribution in [0, 0.1) is 14.9 Å². The molecule has 4 nitrogen and oxygen atoms in total. The van der Waals surface area contributed by atoms with E-state index in [9.17, 15) is 10.1 Å². The van der Waals surface area contributed by atoms with Gasteiger partial charge in [0, 0.05) is 14.1 Å². The van der Waals surface area contributed by atoms with Gasteiger partial charge in [0.1, 0.15) is 24.0 Å². The van der Waals surface area contributed by atoms with Crippen molar-refractivity contribution >= 4 is 45.3 Å². The lowest BCUT2D eigenvalue weighted by Gasteiger charge is -2.11. The molecule has 3 rings (SSSR count). The molecule has 140 valence electrons. The van der Waals surface area contributed by atoms with E-state index >= 15 is 0 Å². The second-order valence-electron chi connectivity index (χ2n) is 6.53. The average molecular weight is 482 g/mol. The Labute approximate surface area is 178 Å². The maximum Gasteiger partial charge on any atom is 0.264 e. The van der Waals surface area contributed by atoms with Crippen molar-refractivity contribution < 1.29 is 9.53 Å². The Kier molecular flexibility index (Phi) is 6.32. The lowest BCUT2D eigenvalue weighted by Crippen LogP contribution is -2.22. The van der Waals surface area contributed by atoms with Crippen LogP contribution in [0.1, 0.15) is 11.1 Å². The number of carbonyl (C=O) groups is 1. The van der Waals surface area contributed by atoms with Crippen LogP contribution in [-0.4, -0.2) is 24.9 Å². The van der Waals surface area contributed by atoms with Crippen LogP contribution in [-0.2, 0) is 11.4 Å². The summed E-state index contributed by atoms with van der Waals surface area (Å²) in [5.74, 6) is 0.456. The predicted molar refractivity (Wildman–Crippen MR) is 120 cm³/mol. The van der Waals surface area contributed by atoms with E-state index in [1.165, 1.54) is 15.7 Å². The third-order valence-electron chi connectivity index (χ3n) is 4.23. The van der Waals surface area contributed by atoms with E-state index in [4.69, 9.17) is 4.74 Å². The zero-order chi connectivity index (χ0) is 20.1. The second kappa shape index (κ2) is 8.89. The van der Waals surface area contributed by atoms with Gasteiger partial charge in [-0.2, -0.15) is 5.26 Å². The molecule has 0 heterocycles. The van der Waals surface area contributed by atoms with E-state index in [0.717, 1.165) is 20.4 Å². The number of nitriles is 1. The van der Waals surface area contributed by atoms with Gasteiger partial charge in [-0.25, -0.2) is 0 Å². The Morgan fingerprint density at radius 3 is 2.54 bits per heavy atom. The Morgan fingerprint density at radius 1 is 1.11 bits per heavy atom. The van der Waals surface area contributed by atoms with E-state index in [2.05, 4.69) is 52.9 Å². The van der Waals surface area contributed by atoms with Gasteiger partial charge in [0.05, 0.1) is 3.57 Å². The van der Waals surface area contributed by atoms with Crippen LogP contribution >= 0.6 is 22.6 Å². The van der Waals surface area contributed by atoms with Gasteiger partial charge in [-0.1, -0.05) is 42.5 Å². The first kappa shape index (κ1) is 19.9. The number of rotatable bonds is 5. The number of fused-ring (bicyclic) bond motifs is 1. The number of hydrogen-bond acceptors (Lipinski definition) is 3. The second-order valence-corrected chi connectivity index (χ2v) is 7.69. The standard InChI is InChI=1S/C23H19IN2O2/c1-26(2)23(27)20(14-25)11-16-8-10-22(21(24)13-16)28-15-17-7-9-18-5-3-4-6-19(18)12-17/h3-13H,15H2,1-2H3/b20-11-. The quantitative estimate of drug-likeness (QED) is 0.292. The number of benzene rings is 3. The summed E-state index contributed by atoms with van der Waals surface area (Å²) >= 11 is 2.20. The first-order valence-electron chi connectivity index (χ1n) is 8.71. The van der Waals surface area contributed by atoms with Gasteiger partial charge in [-0.05, 0) is 68.8 Å². The molecule has 0 aromatic heterocycles. The van der Waals surface area contributed by atoms with Gasteiger partial charge in [-0.3, -0.25) is 4.79 Å². The van der Waals surface area contributed by atoms with Crippen LogP contribution in [0.25, 0.3) is 16.8 Å². The van der Waals surface area contributed by atoms with Gasteiger partial charge in [0.25, 0.3) is 5.91 Å². The summed E-state index contributed by atoms with van der Waals surface area (Å²) in [5.41, 5.74) is 1.99. The molecule has 0 radical (unpaired) electrons. The van der Waals surface area contributed by atoms with Gasteiger partial charge in [0.2, 0.25) is 0 Å². The molecule has 0 aliphatic heterocycles. The summed E-state index contributed by atoms with van der Waals surface area (Å²) in [5, 5.41) is 11.6. The molecule has 0 unspecified atom stereocenters. The Morgan fingerprint density at radius 2 is 1.86 bits per heavy atom. The predicted octanol–water partition coefficient (Wildman–Crippen LogP) is 5.02. The normalized spacial score (nSPS) is 11.1. The molecule has 0 aliphatic carbocycles. The number of nitrogens with zero attached hydrogens (tertiary/aromatic N) is 2. The van der Waals surface area contributed by atoms with Crippen LogP contribution < -0.4 is 4.74 Å². The lowest BCUT2D eigenvalue weighted by molar-refractivity contribution is -0.124. The Bertz CT molecular complexity index is 1100. The summed E-state index contributed by atoms with van der Waals surface area (Å²) in [6, 6.07) is 22.1. The van der Waals surface area contributed by atoms with E-state index < -0.39 is 0 Å². The van der Waals surface area contributed by atoms with E-state index in [1.807, 2.05) is 36.4 Å². The van der Waals surface area contributed by atoms with E-state index in [0.29, 0.717) is 6.61 Å². The highest BCUT2D eigenvalue weighted by atomic mass is 127. The monoisotopic (exact) mass is 482 g/mol. The maximum absolute atomic E-state index is 12.0. The largest absolute Gasteiger partial charge is 0.488 e. The average Bonchev–Trinajstić information content (AvgIpc) is 2.70. The SMILES string of the molecule is CN(C)C(=O)/C(C#N)=C\c1ccc(OCc2ccc3ccccc3c2)c(I)c1. The summed E-state index contributed by atoms with van der Waals surface area (Å²) in [6.45, 7) is 0.471. The molecule has 3 aromatic carbocycles. The first-order valence-corrected chi connectivity index (χ1v) is 9.79. The van der Waals surface area contributed by atoms with Crippen molar-refractivity contribution in [2.45, 2.75) is 6.61 Å². The third-order valence-corrected chi connectivity index (χ3v) is 5.08. The molecule has 0 saturated heterocycles. The minimum atomic E-state index is -0.311. The highest BCUT2D eigenvalue weighted by molar-refractivity contribution is 14.1. The van der Waals surface area contributed by atoms with Gasteiger partial charge in [-0.15, -0.1) is 0 Å². The topological polar surface area (TPSA) is 53.3 Å². The van der Waals surface area contributed by atoms with Gasteiger partial charge in [0.15, 0.2) is 0 Å². The molecule has 0 aliphatic rings. The van der Waals surface area contributed by atoms with Gasteiger partial charge < -0.3 is 9.64 Å². The summed E-state index contributed by atoms with van der Waals surface area (Å²) < 4.78 is 6.89. The minimum absolute atomic E-state index is 0.102. The number of ether oxygens (including phenoxy) is 1. The van der Waals surface area contributed by atoms with Crippen LogP contribution in [0.4, 0.5) is 0 Å². The van der Waals surface area contributed by atoms with Crippen LogP contribution in [0.5, 0.6) is 5.75 Å². The fourth-order valence-electron chi connectivity index (χ4n) is 2.76. The van der Waals surface area contributed by atoms with Crippen molar-refractivity contribution in [3.63, 3.8) is 0 Å². The van der Waals surface area contributed by atoms with E-state index in [-0.39, 0.29) is 11.5 Å². The molecule has 3 aromatic rings. The smallest absolute Gasteiger partial charge is 0.264 e. The van der Waals surface area contributed by atoms with Crippen molar-refractivity contribution in [1.82, 2.24) is 4.90 Å². The fourth-order valence-corrected chi connectivity index (χ4v) is 3.46. The number of carbonyl (C=O) groups excluding carboxylic acids is 1. The fraction of sp³-hybridized carbons (Fsp3) is 0.130. The molecule has 0 spiro atoms. The van der Waals surface area contributed by atoms with Crippen molar-refractivity contribution in [2.75, 3.05) is 14.1 Å². The molecule has 0 fully saturated rings. The number of likely N-dealkylation sites (N-methyl/N-ethyl adjacent to an activating group) is 1. The maximum atomic E-state index is 12.0. The number of hydrogen-bond donors (Lipinski definition) is 0. The van der Waals surface area contributed by atoms with Crippen LogP contribution in [0.15, 0.2) is 66.2 Å². The Hall–Kier alpha value is -2.85. The summed E-state index contributed by atoms with van der Waals surface area (Å²) in [4.78, 5) is 13.4. The molecule has 0 bridgehead atoms. The highest BCUT2D eigenvalue weighted by Crippen LogP contribution is 2.25. The number of amides is 1. The highest BCUT2D eigenvalue weighted by Gasteiger charge is 2.11. The lowest BCUT2D eigenvalue weighted by atomic mass is 10.1. The molecular weight excluding hydrogens is 463 g/mol. The minimum Gasteiger partial charge on any atom is -0.488 e. The summed E-state index contributed by atoms with van der Waals surface area (Å²) in [7, 11) is 3.25. The third kappa shape index (κ3) is 4.70. The van der Waals surface area contributed by atoms with E-state index in [1.54, 1.807) is 20.2 Å². The van der Waals surface area contributed by atoms with Crippen molar-refractivity contribution in [3.05, 3.63) is 80.9 Å². The zero-order valence-corrected chi connectivity index (χ0v) is 17.8. The van der Waals surface area contributed by atoms with Gasteiger partial charge >= 0.3 is 0 Å². The van der Waals surface area contributed by atoms with Crippen LogP contribution in [0.3, 0.4) is 0 Å². The van der Waals surface area contributed by atoms with Crippen molar-refractivity contribution in [3.8, 4) is 11.8 Å². The molecule has 0 saturated carbocycles. The molecule has 0 atom stereocenters. The molecule has 1 amide bonds. The molecule has 28 heavy (non-hydrogen) atoms. The number of halogens is 1. The van der Waals surface area contributed by atoms with Crippen molar-refractivity contribution in [2.24, 2.45) is 0 Å². The van der Waals surface area contributed by atoms with Crippen molar-refractivity contribution in [1.29, 1.82) is 5.26 Å². The molecule has 5 heteroatoms. The summed E-state index contributed by atoms with van der Waals surface area (Å²) in [6.07, 6.45) is 1.59. The zero-order valence-electron chi connectivity index (χ0n) is 15.6. The first-order chi connectivity index (χ1) is 13.5. The molecule has 0 N–H and O–H groups in total. The molecular formula is C23H19IN2O2. The Balaban J connectivity index is 1.75. The van der Waals surface area contributed by atoms with Crippen LogP contribution in [0.2, 0.25) is 0 Å².